The van der Waals surface area contributed by atoms with Crippen LogP contribution in [0.1, 0.15) is 28.8 Å². The number of nitrogens with zero attached hydrogens (tertiary/aromatic N) is 1. The lowest BCUT2D eigenvalue weighted by molar-refractivity contribution is -0.115. The van der Waals surface area contributed by atoms with Gasteiger partial charge in [0.05, 0.1) is 16.6 Å². The van der Waals surface area contributed by atoms with Crippen molar-refractivity contribution in [3.05, 3.63) is 82.9 Å². The minimum atomic E-state index is -0.563. The summed E-state index contributed by atoms with van der Waals surface area (Å²) in [6, 6.07) is 15.5. The summed E-state index contributed by atoms with van der Waals surface area (Å²) in [4.78, 5) is 29.0. The maximum absolute atomic E-state index is 13.1. The standard InChI is InChI=1S/C21H17NO2S/c1-3-16(23)18-13-9-5-6-10-14(13)20(24)19(18)21-22(4-2)15-11-7-8-12-17(15)25-21/h3,5-12,18H,1,4H2,2H3/b21-19-. The number of allylic oxidation sites excluding steroid dienone is 2. The average Bonchev–Trinajstić information content (AvgIpc) is 3.16. The Balaban J connectivity index is 1.95. The van der Waals surface area contributed by atoms with E-state index < -0.39 is 5.92 Å². The second-order valence-corrected chi connectivity index (χ2v) is 7.02. The van der Waals surface area contributed by atoms with Gasteiger partial charge < -0.3 is 4.90 Å². The van der Waals surface area contributed by atoms with Gasteiger partial charge in [0.2, 0.25) is 0 Å². The number of para-hydroxylation sites is 1. The van der Waals surface area contributed by atoms with Crippen LogP contribution in [0.25, 0.3) is 0 Å². The summed E-state index contributed by atoms with van der Waals surface area (Å²) in [5, 5.41) is 0.866. The summed E-state index contributed by atoms with van der Waals surface area (Å²) in [7, 11) is 0. The van der Waals surface area contributed by atoms with Gasteiger partial charge in [-0.3, -0.25) is 9.59 Å². The van der Waals surface area contributed by atoms with E-state index in [0.717, 1.165) is 27.7 Å². The highest BCUT2D eigenvalue weighted by Crippen LogP contribution is 2.51. The molecule has 0 saturated heterocycles. The van der Waals surface area contributed by atoms with Gasteiger partial charge in [0, 0.05) is 22.6 Å². The van der Waals surface area contributed by atoms with Crippen molar-refractivity contribution in [3.8, 4) is 0 Å². The Kier molecular flexibility index (Phi) is 3.85. The van der Waals surface area contributed by atoms with E-state index in [1.54, 1.807) is 17.8 Å². The van der Waals surface area contributed by atoms with Gasteiger partial charge in [0.15, 0.2) is 11.6 Å². The van der Waals surface area contributed by atoms with Crippen molar-refractivity contribution in [1.29, 1.82) is 0 Å². The minimum absolute atomic E-state index is 0.0513. The van der Waals surface area contributed by atoms with E-state index in [9.17, 15) is 9.59 Å². The number of hydrogen-bond donors (Lipinski definition) is 0. The van der Waals surface area contributed by atoms with Crippen molar-refractivity contribution >= 4 is 29.0 Å². The van der Waals surface area contributed by atoms with Crippen LogP contribution in [0.4, 0.5) is 5.69 Å². The molecular weight excluding hydrogens is 330 g/mol. The Labute approximate surface area is 151 Å². The van der Waals surface area contributed by atoms with Crippen LogP contribution in [0.5, 0.6) is 0 Å². The molecule has 0 bridgehead atoms. The summed E-state index contributed by atoms with van der Waals surface area (Å²) in [6.45, 7) is 6.43. The fourth-order valence-electron chi connectivity index (χ4n) is 3.57. The lowest BCUT2D eigenvalue weighted by Crippen LogP contribution is -2.22. The first-order valence-electron chi connectivity index (χ1n) is 8.25. The monoisotopic (exact) mass is 347 g/mol. The molecule has 0 N–H and O–H groups in total. The summed E-state index contributed by atoms with van der Waals surface area (Å²) < 4.78 is 0. The van der Waals surface area contributed by atoms with E-state index in [1.165, 1.54) is 6.08 Å². The predicted molar refractivity (Wildman–Crippen MR) is 101 cm³/mol. The molecule has 124 valence electrons. The van der Waals surface area contributed by atoms with Crippen molar-refractivity contribution < 1.29 is 9.59 Å². The molecule has 1 atom stereocenters. The predicted octanol–water partition coefficient (Wildman–Crippen LogP) is 4.57. The van der Waals surface area contributed by atoms with Gasteiger partial charge >= 0.3 is 0 Å². The molecule has 1 aliphatic heterocycles. The van der Waals surface area contributed by atoms with Crippen molar-refractivity contribution in [3.63, 3.8) is 0 Å². The van der Waals surface area contributed by atoms with Gasteiger partial charge in [0.25, 0.3) is 0 Å². The molecule has 0 aromatic heterocycles. The van der Waals surface area contributed by atoms with E-state index in [2.05, 4.69) is 24.5 Å². The number of carbonyl (C=O) groups excluding carboxylic acids is 2. The molecule has 1 unspecified atom stereocenters. The van der Waals surface area contributed by atoms with Crippen LogP contribution in [0.15, 0.2) is 76.7 Å². The van der Waals surface area contributed by atoms with E-state index in [1.807, 2.05) is 36.4 Å². The summed E-state index contributed by atoms with van der Waals surface area (Å²) in [6.07, 6.45) is 1.32. The third kappa shape index (κ3) is 2.29. The molecule has 0 spiro atoms. The number of rotatable bonds is 3. The van der Waals surface area contributed by atoms with Crippen LogP contribution in [0, 0.1) is 0 Å². The summed E-state index contributed by atoms with van der Waals surface area (Å²) in [5.41, 5.74) is 3.07. The Morgan fingerprint density at radius 2 is 1.92 bits per heavy atom. The van der Waals surface area contributed by atoms with E-state index in [0.29, 0.717) is 11.1 Å². The second kappa shape index (κ2) is 6.05. The zero-order chi connectivity index (χ0) is 17.6. The van der Waals surface area contributed by atoms with Crippen LogP contribution in [-0.4, -0.2) is 18.1 Å². The number of benzene rings is 2. The van der Waals surface area contributed by atoms with Crippen molar-refractivity contribution in [2.24, 2.45) is 0 Å². The number of anilines is 1. The SMILES string of the molecule is C=CC(=O)C1/C(=C2/Sc3ccccc3N2CC)C(=O)c2ccccc21. The lowest BCUT2D eigenvalue weighted by Gasteiger charge is -2.21. The Morgan fingerprint density at radius 3 is 2.68 bits per heavy atom. The number of thioether (sulfide) groups is 1. The number of carbonyl (C=O) groups is 2. The summed E-state index contributed by atoms with van der Waals surface area (Å²) in [5.74, 6) is -0.745. The largest absolute Gasteiger partial charge is 0.335 e. The first kappa shape index (κ1) is 15.9. The van der Waals surface area contributed by atoms with Crippen molar-refractivity contribution in [2.75, 3.05) is 11.4 Å². The first-order valence-corrected chi connectivity index (χ1v) is 9.07. The number of ketones is 2. The molecule has 0 saturated carbocycles. The van der Waals surface area contributed by atoms with E-state index >= 15 is 0 Å². The average molecular weight is 347 g/mol. The number of hydrogen-bond acceptors (Lipinski definition) is 4. The summed E-state index contributed by atoms with van der Waals surface area (Å²) >= 11 is 1.57. The van der Waals surface area contributed by atoms with Crippen molar-refractivity contribution in [2.45, 2.75) is 17.7 Å². The molecule has 0 fully saturated rings. The number of Topliss-reactive ketones (excluding diaryl/α,β-unsaturated/α-hetero) is 1. The van der Waals surface area contributed by atoms with E-state index in [4.69, 9.17) is 0 Å². The quantitative estimate of drug-likeness (QED) is 0.763. The van der Waals surface area contributed by atoms with Gasteiger partial charge in [-0.2, -0.15) is 0 Å². The molecule has 25 heavy (non-hydrogen) atoms. The molecular formula is C21H17NO2S. The zero-order valence-electron chi connectivity index (χ0n) is 13.9. The van der Waals surface area contributed by atoms with Crippen LogP contribution in [-0.2, 0) is 4.79 Å². The van der Waals surface area contributed by atoms with Gasteiger partial charge in [-0.15, -0.1) is 0 Å². The molecule has 3 nitrogen and oxygen atoms in total. The van der Waals surface area contributed by atoms with Crippen LogP contribution < -0.4 is 4.90 Å². The first-order chi connectivity index (χ1) is 12.2. The van der Waals surface area contributed by atoms with Crippen LogP contribution in [0.2, 0.25) is 0 Å². The topological polar surface area (TPSA) is 37.4 Å². The van der Waals surface area contributed by atoms with Crippen molar-refractivity contribution in [1.82, 2.24) is 0 Å². The molecule has 1 heterocycles. The second-order valence-electron chi connectivity index (χ2n) is 5.99. The third-order valence-corrected chi connectivity index (χ3v) is 5.89. The normalized spacial score (nSPS) is 21.2. The Morgan fingerprint density at radius 1 is 1.20 bits per heavy atom. The Bertz CT molecular complexity index is 944. The van der Waals surface area contributed by atoms with Crippen LogP contribution >= 0.6 is 11.8 Å². The van der Waals surface area contributed by atoms with Gasteiger partial charge in [-0.1, -0.05) is 54.7 Å². The highest BCUT2D eigenvalue weighted by Gasteiger charge is 2.42. The maximum Gasteiger partial charge on any atom is 0.193 e. The molecule has 0 radical (unpaired) electrons. The fraction of sp³-hybridized carbons (Fsp3) is 0.143. The third-order valence-electron chi connectivity index (χ3n) is 4.69. The molecule has 0 amide bonds. The lowest BCUT2D eigenvalue weighted by atomic mass is 9.93. The molecule has 4 heteroatoms. The molecule has 4 rings (SSSR count). The molecule has 2 aromatic rings. The Hall–Kier alpha value is -2.59. The number of fused-ring (bicyclic) bond motifs is 2. The fourth-order valence-corrected chi connectivity index (χ4v) is 4.87. The zero-order valence-corrected chi connectivity index (χ0v) is 14.7. The smallest absolute Gasteiger partial charge is 0.193 e. The van der Waals surface area contributed by atoms with Gasteiger partial charge in [0.1, 0.15) is 0 Å². The molecule has 1 aliphatic carbocycles. The molecule has 2 aliphatic rings. The highest BCUT2D eigenvalue weighted by atomic mass is 32.2. The maximum atomic E-state index is 13.1. The van der Waals surface area contributed by atoms with Crippen LogP contribution in [0.3, 0.4) is 0 Å². The van der Waals surface area contributed by atoms with E-state index in [-0.39, 0.29) is 11.6 Å². The highest BCUT2D eigenvalue weighted by molar-refractivity contribution is 8.03. The van der Waals surface area contributed by atoms with Gasteiger partial charge in [-0.25, -0.2) is 0 Å². The minimum Gasteiger partial charge on any atom is -0.335 e. The van der Waals surface area contributed by atoms with Gasteiger partial charge in [-0.05, 0) is 30.7 Å². The molecule has 2 aromatic carbocycles.